The topological polar surface area (TPSA) is 77.9 Å². The van der Waals surface area contributed by atoms with E-state index in [1.807, 2.05) is 6.07 Å². The molecule has 0 aliphatic carbocycles. The molecule has 1 aromatic heterocycles. The first-order chi connectivity index (χ1) is 13.1. The molecular formula is C21H19NO5. The van der Waals surface area contributed by atoms with Crippen molar-refractivity contribution >= 4 is 29.0 Å². The Labute approximate surface area is 156 Å². The van der Waals surface area contributed by atoms with E-state index in [-0.39, 0.29) is 5.56 Å². The summed E-state index contributed by atoms with van der Waals surface area (Å²) in [6.07, 6.45) is 3.53. The van der Waals surface area contributed by atoms with Gasteiger partial charge in [-0.1, -0.05) is 18.2 Å². The highest BCUT2D eigenvalue weighted by atomic mass is 16.5. The largest absolute Gasteiger partial charge is 0.496 e. The van der Waals surface area contributed by atoms with Gasteiger partial charge in [-0.3, -0.25) is 0 Å². The van der Waals surface area contributed by atoms with Gasteiger partial charge in [0.25, 0.3) is 0 Å². The lowest BCUT2D eigenvalue weighted by molar-refractivity contribution is 0.0699. The van der Waals surface area contributed by atoms with Crippen molar-refractivity contribution in [2.45, 2.75) is 0 Å². The van der Waals surface area contributed by atoms with Crippen LogP contribution in [-0.2, 0) is 0 Å². The van der Waals surface area contributed by atoms with E-state index in [0.717, 1.165) is 5.56 Å². The van der Waals surface area contributed by atoms with Gasteiger partial charge in [0.2, 0.25) is 0 Å². The third kappa shape index (κ3) is 3.69. The van der Waals surface area contributed by atoms with Crippen molar-refractivity contribution in [2.75, 3.05) is 21.3 Å². The highest BCUT2D eigenvalue weighted by molar-refractivity contribution is 6.03. The molecule has 0 saturated carbocycles. The number of nitrogens with zero attached hydrogens (tertiary/aromatic N) is 1. The number of aromatic carboxylic acids is 1. The molecule has 0 amide bonds. The Morgan fingerprint density at radius 1 is 0.926 bits per heavy atom. The Hall–Kier alpha value is -3.54. The third-order valence-electron chi connectivity index (χ3n) is 4.14. The molecule has 27 heavy (non-hydrogen) atoms. The molecule has 0 bridgehead atoms. The second-order valence-corrected chi connectivity index (χ2v) is 5.70. The van der Waals surface area contributed by atoms with Gasteiger partial charge in [0, 0.05) is 17.0 Å². The highest BCUT2D eigenvalue weighted by Crippen LogP contribution is 2.35. The smallest absolute Gasteiger partial charge is 0.336 e. The van der Waals surface area contributed by atoms with Crippen LogP contribution < -0.4 is 14.2 Å². The van der Waals surface area contributed by atoms with Crippen molar-refractivity contribution in [1.29, 1.82) is 0 Å². The van der Waals surface area contributed by atoms with Crippen molar-refractivity contribution < 1.29 is 24.1 Å². The molecule has 0 radical (unpaired) electrons. The lowest BCUT2D eigenvalue weighted by atomic mass is 10.1. The number of carbonyl (C=O) groups is 1. The van der Waals surface area contributed by atoms with Crippen LogP contribution in [0, 0.1) is 0 Å². The van der Waals surface area contributed by atoms with Crippen molar-refractivity contribution in [3.05, 3.63) is 59.3 Å². The lowest BCUT2D eigenvalue weighted by Crippen LogP contribution is -2.00. The number of hydrogen-bond acceptors (Lipinski definition) is 5. The van der Waals surface area contributed by atoms with Crippen LogP contribution in [0.15, 0.2) is 42.5 Å². The second-order valence-electron chi connectivity index (χ2n) is 5.70. The average Bonchev–Trinajstić information content (AvgIpc) is 2.70. The number of carboxylic acids is 1. The number of fused-ring (bicyclic) bond motifs is 1. The summed E-state index contributed by atoms with van der Waals surface area (Å²) in [5.41, 5.74) is 2.11. The Morgan fingerprint density at radius 2 is 1.59 bits per heavy atom. The van der Waals surface area contributed by atoms with E-state index in [1.165, 1.54) is 0 Å². The molecule has 3 rings (SSSR count). The summed E-state index contributed by atoms with van der Waals surface area (Å²) in [6, 6.07) is 12.2. The first kappa shape index (κ1) is 18.3. The summed E-state index contributed by atoms with van der Waals surface area (Å²) < 4.78 is 16.0. The number of aromatic nitrogens is 1. The summed E-state index contributed by atoms with van der Waals surface area (Å²) in [7, 11) is 4.68. The molecule has 0 aliphatic rings. The fourth-order valence-corrected chi connectivity index (χ4v) is 2.82. The van der Waals surface area contributed by atoms with Crippen LogP contribution >= 0.6 is 0 Å². The molecule has 1 N–H and O–H groups in total. The maximum absolute atomic E-state index is 11.6. The van der Waals surface area contributed by atoms with E-state index in [4.69, 9.17) is 14.2 Å². The maximum atomic E-state index is 11.6. The predicted octanol–water partition coefficient (Wildman–Crippen LogP) is 4.13. The standard InChI is InChI=1S/C21H19NO5/c1-25-18-12-20(27-3)19(26-2)10-13(18)8-9-14-11-16(21(23)24)15-6-4-5-7-17(15)22-14/h4-12H,1-3H3,(H,23,24). The first-order valence-electron chi connectivity index (χ1n) is 8.18. The Balaban J connectivity index is 2.07. The molecule has 138 valence electrons. The number of hydrogen-bond donors (Lipinski definition) is 1. The Kier molecular flexibility index (Phi) is 5.26. The number of pyridine rings is 1. The van der Waals surface area contributed by atoms with Gasteiger partial charge < -0.3 is 19.3 Å². The molecule has 0 fully saturated rings. The van der Waals surface area contributed by atoms with Gasteiger partial charge in [0.15, 0.2) is 11.5 Å². The zero-order valence-electron chi connectivity index (χ0n) is 15.2. The van der Waals surface area contributed by atoms with E-state index in [9.17, 15) is 9.90 Å². The molecule has 2 aromatic carbocycles. The maximum Gasteiger partial charge on any atom is 0.336 e. The normalized spacial score (nSPS) is 10.9. The second kappa shape index (κ2) is 7.78. The molecule has 6 nitrogen and oxygen atoms in total. The highest BCUT2D eigenvalue weighted by Gasteiger charge is 2.12. The van der Waals surface area contributed by atoms with Crippen LogP contribution in [0.4, 0.5) is 0 Å². The van der Waals surface area contributed by atoms with Crippen LogP contribution in [0.5, 0.6) is 17.2 Å². The zero-order valence-corrected chi connectivity index (χ0v) is 15.2. The van der Waals surface area contributed by atoms with Gasteiger partial charge >= 0.3 is 5.97 Å². The first-order valence-corrected chi connectivity index (χ1v) is 8.18. The van der Waals surface area contributed by atoms with E-state index < -0.39 is 5.97 Å². The van der Waals surface area contributed by atoms with Gasteiger partial charge in [-0.25, -0.2) is 9.78 Å². The van der Waals surface area contributed by atoms with Crippen LogP contribution in [0.3, 0.4) is 0 Å². The van der Waals surface area contributed by atoms with Gasteiger partial charge in [0.1, 0.15) is 5.75 Å². The van der Waals surface area contributed by atoms with Gasteiger partial charge in [-0.15, -0.1) is 0 Å². The SMILES string of the molecule is COc1cc(OC)c(OC)cc1C=Cc1cc(C(=O)O)c2ccccc2n1. The fraction of sp³-hybridized carbons (Fsp3) is 0.143. The number of rotatable bonds is 6. The minimum Gasteiger partial charge on any atom is -0.496 e. The van der Waals surface area contributed by atoms with Crippen LogP contribution in [0.1, 0.15) is 21.6 Å². The zero-order chi connectivity index (χ0) is 19.4. The summed E-state index contributed by atoms with van der Waals surface area (Å²) in [5, 5.41) is 10.1. The molecule has 0 atom stereocenters. The van der Waals surface area contributed by atoms with Crippen LogP contribution in [0.2, 0.25) is 0 Å². The van der Waals surface area contributed by atoms with Gasteiger partial charge in [0.05, 0.1) is 38.1 Å². The molecule has 0 saturated heterocycles. The third-order valence-corrected chi connectivity index (χ3v) is 4.14. The predicted molar refractivity (Wildman–Crippen MR) is 104 cm³/mol. The Morgan fingerprint density at radius 3 is 2.26 bits per heavy atom. The summed E-state index contributed by atoms with van der Waals surface area (Å²) in [4.78, 5) is 16.1. The fourth-order valence-electron chi connectivity index (χ4n) is 2.82. The number of para-hydroxylation sites is 1. The lowest BCUT2D eigenvalue weighted by Gasteiger charge is -2.12. The number of benzene rings is 2. The monoisotopic (exact) mass is 365 g/mol. The minimum absolute atomic E-state index is 0.208. The van der Waals surface area contributed by atoms with E-state index in [1.54, 1.807) is 69.9 Å². The molecule has 0 aliphatic heterocycles. The molecular weight excluding hydrogens is 346 g/mol. The minimum atomic E-state index is -0.994. The number of methoxy groups -OCH3 is 3. The van der Waals surface area contributed by atoms with Gasteiger partial charge in [-0.2, -0.15) is 0 Å². The van der Waals surface area contributed by atoms with E-state index in [0.29, 0.717) is 33.8 Å². The van der Waals surface area contributed by atoms with E-state index in [2.05, 4.69) is 4.98 Å². The summed E-state index contributed by atoms with van der Waals surface area (Å²) in [6.45, 7) is 0. The van der Waals surface area contributed by atoms with Crippen molar-refractivity contribution in [2.24, 2.45) is 0 Å². The molecule has 1 heterocycles. The summed E-state index contributed by atoms with van der Waals surface area (Å²) >= 11 is 0. The van der Waals surface area contributed by atoms with Crippen LogP contribution in [0.25, 0.3) is 23.1 Å². The van der Waals surface area contributed by atoms with Crippen LogP contribution in [-0.4, -0.2) is 37.4 Å². The summed E-state index contributed by atoms with van der Waals surface area (Å²) in [5.74, 6) is 0.731. The van der Waals surface area contributed by atoms with E-state index >= 15 is 0 Å². The van der Waals surface area contributed by atoms with Crippen molar-refractivity contribution in [3.8, 4) is 17.2 Å². The Bertz CT molecular complexity index is 1030. The van der Waals surface area contributed by atoms with Gasteiger partial charge in [-0.05, 0) is 30.4 Å². The number of ether oxygens (including phenoxy) is 3. The van der Waals surface area contributed by atoms with Crippen molar-refractivity contribution in [1.82, 2.24) is 4.98 Å². The quantitative estimate of drug-likeness (QED) is 0.708. The average molecular weight is 365 g/mol. The molecule has 3 aromatic rings. The molecule has 0 unspecified atom stereocenters. The molecule has 6 heteroatoms. The number of carboxylic acid groups (broad SMARTS) is 1. The van der Waals surface area contributed by atoms with Crippen molar-refractivity contribution in [3.63, 3.8) is 0 Å². The molecule has 0 spiro atoms.